The van der Waals surface area contributed by atoms with Crippen LogP contribution >= 0.6 is 0 Å². The number of aliphatic hydroxyl groups is 3. The first-order valence-corrected chi connectivity index (χ1v) is 12.4. The third-order valence-electron chi connectivity index (χ3n) is 5.91. The molecule has 240 valence electrons. The summed E-state index contributed by atoms with van der Waals surface area (Å²) < 4.78 is 77.1. The zero-order valence-electron chi connectivity index (χ0n) is 22.8. The zero-order chi connectivity index (χ0) is 32.5. The highest BCUT2D eigenvalue weighted by atomic mass is 19.3. The van der Waals surface area contributed by atoms with Gasteiger partial charge in [-0.2, -0.15) is 27.5 Å². The van der Waals surface area contributed by atoms with Gasteiger partial charge in [-0.3, -0.25) is 9.13 Å². The molecule has 4 heterocycles. The Morgan fingerprint density at radius 2 is 1.37 bits per heavy atom. The minimum atomic E-state index is -3.83. The Kier molecular flexibility index (Phi) is 9.71. The molecule has 0 aromatic carbocycles. The highest BCUT2D eigenvalue weighted by Crippen LogP contribution is 2.44. The van der Waals surface area contributed by atoms with Crippen LogP contribution < -0.4 is 22.8 Å². The largest absolute Gasteiger partial charge is 0.509 e. The Morgan fingerprint density at radius 1 is 0.930 bits per heavy atom. The topological polar surface area (TPSA) is 236 Å². The second-order valence-corrected chi connectivity index (χ2v) is 10.3. The SMILES string of the molecule is CC(C)(C)OC(=O)O[C@@H]1[C@@H](CO)O[C@@H](n2ccc(N)nc2=O)C1(F)F.Nc1ccn([C@@H]2O[C@H](CO)[C@@H](O)C2(F)F)c(=O)n1. The van der Waals surface area contributed by atoms with E-state index in [2.05, 4.69) is 14.7 Å². The number of hydrogen-bond donors (Lipinski definition) is 5. The lowest BCUT2D eigenvalue weighted by Gasteiger charge is -2.25. The molecule has 6 atom stereocenters. The van der Waals surface area contributed by atoms with Gasteiger partial charge in [-0.25, -0.2) is 14.4 Å². The van der Waals surface area contributed by atoms with Crippen LogP contribution in [0, 0.1) is 0 Å². The summed E-state index contributed by atoms with van der Waals surface area (Å²) in [5.74, 6) is -7.80. The van der Waals surface area contributed by atoms with Gasteiger partial charge in [0.1, 0.15) is 29.4 Å². The quantitative estimate of drug-likeness (QED) is 0.206. The summed E-state index contributed by atoms with van der Waals surface area (Å²) in [7, 11) is 0. The number of nitrogen functional groups attached to an aromatic ring is 2. The molecule has 2 fully saturated rings. The molecule has 0 saturated carbocycles. The maximum absolute atomic E-state index is 14.7. The van der Waals surface area contributed by atoms with E-state index in [9.17, 15) is 42.2 Å². The van der Waals surface area contributed by atoms with Crippen LogP contribution in [0.5, 0.6) is 0 Å². The maximum Gasteiger partial charge on any atom is 0.509 e. The van der Waals surface area contributed by atoms with Crippen molar-refractivity contribution in [2.75, 3.05) is 24.7 Å². The Bertz CT molecular complexity index is 1420. The van der Waals surface area contributed by atoms with E-state index >= 15 is 0 Å². The molecule has 7 N–H and O–H groups in total. The number of carbonyl (C=O) groups excluding carboxylic acids is 1. The second-order valence-electron chi connectivity index (χ2n) is 10.3. The van der Waals surface area contributed by atoms with Crippen molar-refractivity contribution in [1.82, 2.24) is 19.1 Å². The fourth-order valence-corrected chi connectivity index (χ4v) is 3.97. The van der Waals surface area contributed by atoms with Gasteiger partial charge in [-0.05, 0) is 32.9 Å². The van der Waals surface area contributed by atoms with Gasteiger partial charge < -0.3 is 45.7 Å². The van der Waals surface area contributed by atoms with Gasteiger partial charge in [0, 0.05) is 12.4 Å². The van der Waals surface area contributed by atoms with Gasteiger partial charge in [0.25, 0.3) is 0 Å². The molecule has 2 aromatic rings. The Labute approximate surface area is 239 Å². The Balaban J connectivity index is 0.000000248. The summed E-state index contributed by atoms with van der Waals surface area (Å²) in [5.41, 5.74) is 7.50. The van der Waals surface area contributed by atoms with Crippen molar-refractivity contribution in [2.24, 2.45) is 0 Å². The third-order valence-corrected chi connectivity index (χ3v) is 5.91. The third kappa shape index (κ3) is 7.21. The number of halogens is 4. The van der Waals surface area contributed by atoms with E-state index in [0.717, 1.165) is 24.5 Å². The predicted molar refractivity (Wildman–Crippen MR) is 135 cm³/mol. The average Bonchev–Trinajstić information content (AvgIpc) is 3.26. The summed E-state index contributed by atoms with van der Waals surface area (Å²) in [4.78, 5) is 41.6. The van der Waals surface area contributed by atoms with Crippen molar-refractivity contribution in [3.63, 3.8) is 0 Å². The van der Waals surface area contributed by atoms with E-state index in [4.69, 9.17) is 30.8 Å². The highest BCUT2D eigenvalue weighted by molar-refractivity contribution is 5.61. The van der Waals surface area contributed by atoms with Crippen molar-refractivity contribution in [3.05, 3.63) is 45.5 Å². The molecular formula is C23H30F4N6O10. The Hall–Kier alpha value is -3.85. The van der Waals surface area contributed by atoms with Crippen molar-refractivity contribution in [2.45, 2.75) is 75.1 Å². The summed E-state index contributed by atoms with van der Waals surface area (Å²) in [6.45, 7) is 2.94. The first-order valence-electron chi connectivity index (χ1n) is 12.4. The average molecular weight is 627 g/mol. The first-order chi connectivity index (χ1) is 19.8. The van der Waals surface area contributed by atoms with Crippen molar-refractivity contribution in [1.29, 1.82) is 0 Å². The minimum absolute atomic E-state index is 0.114. The van der Waals surface area contributed by atoms with E-state index in [1.165, 1.54) is 20.8 Å². The number of aliphatic hydroxyl groups excluding tert-OH is 3. The van der Waals surface area contributed by atoms with Crippen LogP contribution in [0.1, 0.15) is 33.2 Å². The molecule has 20 heteroatoms. The molecule has 0 unspecified atom stereocenters. The number of nitrogens with two attached hydrogens (primary N) is 2. The maximum atomic E-state index is 14.7. The number of ether oxygens (including phenoxy) is 4. The van der Waals surface area contributed by atoms with Crippen LogP contribution in [-0.4, -0.2) is 95.7 Å². The number of hydrogen-bond acceptors (Lipinski definition) is 14. The van der Waals surface area contributed by atoms with Crippen LogP contribution in [0.25, 0.3) is 0 Å². The monoisotopic (exact) mass is 626 g/mol. The number of rotatable bonds is 5. The molecule has 2 saturated heterocycles. The predicted octanol–water partition coefficient (Wildman–Crippen LogP) is -0.618. The number of nitrogens with zero attached hydrogens (tertiary/aromatic N) is 4. The summed E-state index contributed by atoms with van der Waals surface area (Å²) >= 11 is 0. The van der Waals surface area contributed by atoms with Crippen LogP contribution in [-0.2, 0) is 18.9 Å². The smallest absolute Gasteiger partial charge is 0.429 e. The van der Waals surface area contributed by atoms with Gasteiger partial charge >= 0.3 is 29.4 Å². The van der Waals surface area contributed by atoms with E-state index in [-0.39, 0.29) is 11.6 Å². The Morgan fingerprint density at radius 3 is 1.77 bits per heavy atom. The molecule has 0 radical (unpaired) electrons. The van der Waals surface area contributed by atoms with Gasteiger partial charge in [0.15, 0.2) is 6.10 Å². The van der Waals surface area contributed by atoms with Crippen molar-refractivity contribution < 1.29 is 56.6 Å². The fraction of sp³-hybridized carbons (Fsp3) is 0.609. The number of carbonyl (C=O) groups is 1. The number of alkyl halides is 4. The van der Waals surface area contributed by atoms with Crippen LogP contribution in [0.2, 0.25) is 0 Å². The van der Waals surface area contributed by atoms with E-state index in [1.54, 1.807) is 0 Å². The number of aromatic nitrogens is 4. The molecule has 4 rings (SSSR count). The van der Waals surface area contributed by atoms with E-state index in [1.807, 2.05) is 0 Å². The first kappa shape index (κ1) is 33.6. The number of anilines is 2. The van der Waals surface area contributed by atoms with Gasteiger partial charge in [0.05, 0.1) is 13.2 Å². The van der Waals surface area contributed by atoms with Gasteiger partial charge in [0.2, 0.25) is 18.6 Å². The summed E-state index contributed by atoms with van der Waals surface area (Å²) in [6.07, 6.45) is -10.9. The molecule has 0 spiro atoms. The standard InChI is InChI=1S/C14H19F2N3O6.C9H11F2N3O4/c1-13(2,3)25-12(22)24-9-7(6-20)23-10(14(9,15)16)19-5-4-8(17)18-11(19)21;10-9(11)6(16)4(3-15)18-7(9)14-2-1-5(12)13-8(14)17/h4-5,7,9-10,20H,6H2,1-3H3,(H2,17,18,21);1-2,4,6-7,15-16H,3H2,(H2,12,13,17)/t7-,9-,10-;4-,6-,7-/m11/s1. The highest BCUT2D eigenvalue weighted by Gasteiger charge is 2.63. The lowest BCUT2D eigenvalue weighted by molar-refractivity contribution is -0.149. The lowest BCUT2D eigenvalue weighted by atomic mass is 10.1. The molecule has 0 amide bonds. The van der Waals surface area contributed by atoms with Gasteiger partial charge in [-0.1, -0.05) is 0 Å². The van der Waals surface area contributed by atoms with Crippen LogP contribution in [0.3, 0.4) is 0 Å². The van der Waals surface area contributed by atoms with Crippen molar-refractivity contribution >= 4 is 17.8 Å². The molecule has 2 aromatic heterocycles. The molecule has 43 heavy (non-hydrogen) atoms. The molecule has 16 nitrogen and oxygen atoms in total. The summed E-state index contributed by atoms with van der Waals surface area (Å²) in [6, 6.07) is 2.29. The fourth-order valence-electron chi connectivity index (χ4n) is 3.97. The summed E-state index contributed by atoms with van der Waals surface area (Å²) in [5, 5.41) is 27.4. The van der Waals surface area contributed by atoms with E-state index < -0.39 is 85.1 Å². The van der Waals surface area contributed by atoms with Gasteiger partial charge in [-0.15, -0.1) is 0 Å². The van der Waals surface area contributed by atoms with E-state index in [0.29, 0.717) is 9.13 Å². The second kappa shape index (κ2) is 12.4. The van der Waals surface area contributed by atoms with Crippen LogP contribution in [0.4, 0.5) is 34.0 Å². The van der Waals surface area contributed by atoms with Crippen molar-refractivity contribution in [3.8, 4) is 0 Å². The molecule has 0 aliphatic carbocycles. The normalized spacial score (nSPS) is 27.7. The molecule has 0 bridgehead atoms. The lowest BCUT2D eigenvalue weighted by Crippen LogP contribution is -2.45. The molecule has 2 aliphatic heterocycles. The molecule has 2 aliphatic rings. The molecular weight excluding hydrogens is 596 g/mol. The minimum Gasteiger partial charge on any atom is -0.429 e. The van der Waals surface area contributed by atoms with Crippen LogP contribution in [0.15, 0.2) is 34.1 Å². The zero-order valence-corrected chi connectivity index (χ0v) is 22.8.